The molecule has 0 saturated carbocycles. The van der Waals surface area contributed by atoms with Crippen LogP contribution in [0.5, 0.6) is 0 Å². The third kappa shape index (κ3) is 3.35. The van der Waals surface area contributed by atoms with Gasteiger partial charge in [0.15, 0.2) is 0 Å². The molecule has 0 aromatic heterocycles. The summed E-state index contributed by atoms with van der Waals surface area (Å²) in [4.78, 5) is 11.7. The molecule has 0 aliphatic carbocycles. The first-order chi connectivity index (χ1) is 9.64. The number of hydrogen-bond acceptors (Lipinski definition) is 2. The molecule has 102 valence electrons. The van der Waals surface area contributed by atoms with E-state index < -0.39 is 11.6 Å². The minimum absolute atomic E-state index is 0.410. The van der Waals surface area contributed by atoms with Crippen LogP contribution >= 0.6 is 0 Å². The van der Waals surface area contributed by atoms with E-state index >= 15 is 0 Å². The van der Waals surface area contributed by atoms with Crippen LogP contribution in [-0.2, 0) is 21.6 Å². The molecule has 2 rings (SSSR count). The van der Waals surface area contributed by atoms with Crippen molar-refractivity contribution in [1.29, 1.82) is 0 Å². The third-order valence-corrected chi connectivity index (χ3v) is 3.26. The summed E-state index contributed by atoms with van der Waals surface area (Å²) in [6.45, 7) is 5.40. The molecule has 0 aliphatic rings. The number of carbonyl (C=O) groups excluding carboxylic acids is 1. The molecule has 1 unspecified atom stereocenters. The molecule has 2 heteroatoms. The third-order valence-electron chi connectivity index (χ3n) is 3.26. The van der Waals surface area contributed by atoms with Gasteiger partial charge in [0.05, 0.1) is 0 Å². The number of benzene rings is 2. The molecule has 0 radical (unpaired) electrons. The van der Waals surface area contributed by atoms with Crippen LogP contribution in [0.1, 0.15) is 18.1 Å². The zero-order valence-corrected chi connectivity index (χ0v) is 11.6. The van der Waals surface area contributed by atoms with Crippen molar-refractivity contribution in [2.75, 3.05) is 0 Å². The highest BCUT2D eigenvalue weighted by Gasteiger charge is 2.30. The number of esters is 1. The van der Waals surface area contributed by atoms with Gasteiger partial charge in [-0.25, -0.2) is 4.79 Å². The van der Waals surface area contributed by atoms with Crippen LogP contribution in [0, 0.1) is 0 Å². The Hall–Kier alpha value is -2.35. The average Bonchev–Trinajstić information content (AvgIpc) is 2.49. The first-order valence-corrected chi connectivity index (χ1v) is 6.59. The summed E-state index contributed by atoms with van der Waals surface area (Å²) in [7, 11) is 0. The SMILES string of the molecule is C=CC(=O)OC(C)(Cc1ccccc1)c1ccccc1. The molecule has 0 fully saturated rings. The zero-order chi connectivity index (χ0) is 14.4. The first-order valence-electron chi connectivity index (χ1n) is 6.59. The number of carbonyl (C=O) groups is 1. The Labute approximate surface area is 119 Å². The molecule has 0 N–H and O–H groups in total. The van der Waals surface area contributed by atoms with Crippen molar-refractivity contribution >= 4 is 5.97 Å². The van der Waals surface area contributed by atoms with E-state index in [1.54, 1.807) is 0 Å². The Balaban J connectivity index is 2.33. The van der Waals surface area contributed by atoms with Crippen LogP contribution in [-0.4, -0.2) is 5.97 Å². The molecule has 0 saturated heterocycles. The summed E-state index contributed by atoms with van der Waals surface area (Å²) >= 11 is 0. The van der Waals surface area contributed by atoms with E-state index in [-0.39, 0.29) is 0 Å². The van der Waals surface area contributed by atoms with E-state index in [2.05, 4.69) is 6.58 Å². The van der Waals surface area contributed by atoms with Crippen LogP contribution in [0.25, 0.3) is 0 Å². The van der Waals surface area contributed by atoms with Gasteiger partial charge in [-0.3, -0.25) is 0 Å². The van der Waals surface area contributed by atoms with E-state index in [0.717, 1.165) is 11.1 Å². The lowest BCUT2D eigenvalue weighted by atomic mass is 9.88. The molecule has 0 aliphatic heterocycles. The van der Waals surface area contributed by atoms with Gasteiger partial charge in [-0.1, -0.05) is 67.2 Å². The number of hydrogen-bond donors (Lipinski definition) is 0. The molecule has 2 nitrogen and oxygen atoms in total. The summed E-state index contributed by atoms with van der Waals surface area (Å²) in [5, 5.41) is 0. The van der Waals surface area contributed by atoms with E-state index in [1.807, 2.05) is 67.6 Å². The fourth-order valence-electron chi connectivity index (χ4n) is 2.24. The minimum Gasteiger partial charge on any atom is -0.451 e. The lowest BCUT2D eigenvalue weighted by molar-refractivity contribution is -0.152. The summed E-state index contributed by atoms with van der Waals surface area (Å²) in [5.74, 6) is -0.410. The lowest BCUT2D eigenvalue weighted by Gasteiger charge is -2.30. The topological polar surface area (TPSA) is 26.3 Å². The number of rotatable bonds is 5. The highest BCUT2D eigenvalue weighted by molar-refractivity contribution is 5.81. The standard InChI is InChI=1S/C18H18O2/c1-3-17(19)20-18(2,16-12-8-5-9-13-16)14-15-10-6-4-7-11-15/h3-13H,1,14H2,2H3. The van der Waals surface area contributed by atoms with Crippen molar-refractivity contribution in [2.24, 2.45) is 0 Å². The van der Waals surface area contributed by atoms with Crippen molar-refractivity contribution in [3.63, 3.8) is 0 Å². The molecule has 0 spiro atoms. The predicted molar refractivity (Wildman–Crippen MR) is 80.2 cm³/mol. The van der Waals surface area contributed by atoms with Crippen molar-refractivity contribution < 1.29 is 9.53 Å². The van der Waals surface area contributed by atoms with Crippen LogP contribution in [0.4, 0.5) is 0 Å². The van der Waals surface area contributed by atoms with Gasteiger partial charge >= 0.3 is 5.97 Å². The van der Waals surface area contributed by atoms with Crippen LogP contribution in [0.15, 0.2) is 73.3 Å². The van der Waals surface area contributed by atoms with E-state index in [9.17, 15) is 4.79 Å². The fourth-order valence-corrected chi connectivity index (χ4v) is 2.24. The van der Waals surface area contributed by atoms with Crippen molar-refractivity contribution in [2.45, 2.75) is 18.9 Å². The van der Waals surface area contributed by atoms with Crippen molar-refractivity contribution in [3.05, 3.63) is 84.4 Å². The second-order valence-electron chi connectivity index (χ2n) is 4.88. The van der Waals surface area contributed by atoms with Crippen molar-refractivity contribution in [3.8, 4) is 0 Å². The van der Waals surface area contributed by atoms with Gasteiger partial charge in [0.25, 0.3) is 0 Å². The second kappa shape index (κ2) is 6.20. The maximum absolute atomic E-state index is 11.7. The smallest absolute Gasteiger partial charge is 0.331 e. The van der Waals surface area contributed by atoms with Gasteiger partial charge in [-0.15, -0.1) is 0 Å². The van der Waals surface area contributed by atoms with E-state index in [1.165, 1.54) is 6.08 Å². The quantitative estimate of drug-likeness (QED) is 0.606. The van der Waals surface area contributed by atoms with E-state index in [0.29, 0.717) is 6.42 Å². The summed E-state index contributed by atoms with van der Waals surface area (Å²) < 4.78 is 5.62. The Morgan fingerprint density at radius 1 is 1.10 bits per heavy atom. The Bertz CT molecular complexity index is 575. The fraction of sp³-hybridized carbons (Fsp3) is 0.167. The summed E-state index contributed by atoms with van der Waals surface area (Å²) in [5.41, 5.74) is 1.39. The highest BCUT2D eigenvalue weighted by atomic mass is 16.6. The van der Waals surface area contributed by atoms with Gasteiger partial charge in [0.1, 0.15) is 5.60 Å². The predicted octanol–water partition coefficient (Wildman–Crippen LogP) is 3.87. The van der Waals surface area contributed by atoms with Gasteiger partial charge < -0.3 is 4.74 Å². The molecule has 0 heterocycles. The largest absolute Gasteiger partial charge is 0.451 e. The zero-order valence-electron chi connectivity index (χ0n) is 11.6. The normalized spacial score (nSPS) is 13.2. The molecule has 2 aromatic rings. The number of ether oxygens (including phenoxy) is 1. The van der Waals surface area contributed by atoms with Gasteiger partial charge in [-0.2, -0.15) is 0 Å². The van der Waals surface area contributed by atoms with Gasteiger partial charge in [-0.05, 0) is 18.1 Å². The van der Waals surface area contributed by atoms with Crippen molar-refractivity contribution in [1.82, 2.24) is 0 Å². The Kier molecular flexibility index (Phi) is 4.36. The van der Waals surface area contributed by atoms with Gasteiger partial charge in [0.2, 0.25) is 0 Å². The molecular formula is C18H18O2. The van der Waals surface area contributed by atoms with Crippen LogP contribution in [0.2, 0.25) is 0 Å². The monoisotopic (exact) mass is 266 g/mol. The molecule has 1 atom stereocenters. The summed E-state index contributed by atoms with van der Waals surface area (Å²) in [6.07, 6.45) is 1.82. The van der Waals surface area contributed by atoms with Gasteiger partial charge in [0, 0.05) is 12.5 Å². The lowest BCUT2D eigenvalue weighted by Crippen LogP contribution is -2.31. The molecule has 0 bridgehead atoms. The average molecular weight is 266 g/mol. The molecule has 20 heavy (non-hydrogen) atoms. The first kappa shape index (κ1) is 14.1. The minimum atomic E-state index is -0.701. The maximum Gasteiger partial charge on any atom is 0.331 e. The Morgan fingerprint density at radius 2 is 1.65 bits per heavy atom. The van der Waals surface area contributed by atoms with E-state index in [4.69, 9.17) is 4.74 Å². The molecular weight excluding hydrogens is 248 g/mol. The van der Waals surface area contributed by atoms with Crippen LogP contribution in [0.3, 0.4) is 0 Å². The van der Waals surface area contributed by atoms with Crippen LogP contribution < -0.4 is 0 Å². The molecule has 2 aromatic carbocycles. The maximum atomic E-state index is 11.7. The Morgan fingerprint density at radius 3 is 2.20 bits per heavy atom. The summed E-state index contributed by atoms with van der Waals surface area (Å²) in [6, 6.07) is 19.8. The second-order valence-corrected chi connectivity index (χ2v) is 4.88. The molecule has 0 amide bonds. The highest BCUT2D eigenvalue weighted by Crippen LogP contribution is 2.29.